The maximum Gasteiger partial charge on any atom is 0.141 e. The van der Waals surface area contributed by atoms with Gasteiger partial charge in [-0.25, -0.2) is 0 Å². The molecule has 0 radical (unpaired) electrons. The summed E-state index contributed by atoms with van der Waals surface area (Å²) in [5.41, 5.74) is 7.20. The fourth-order valence-corrected chi connectivity index (χ4v) is 2.10. The number of hydrogen-bond donors (Lipinski definition) is 2. The predicted octanol–water partition coefficient (Wildman–Crippen LogP) is 1.35. The summed E-state index contributed by atoms with van der Waals surface area (Å²) in [4.78, 5) is 6.51. The highest BCUT2D eigenvalue weighted by atomic mass is 15.1. The Labute approximate surface area is 96.0 Å². The molecule has 0 bridgehead atoms. The van der Waals surface area contributed by atoms with E-state index in [0.717, 1.165) is 6.54 Å². The van der Waals surface area contributed by atoms with Crippen molar-refractivity contribution < 1.29 is 0 Å². The summed E-state index contributed by atoms with van der Waals surface area (Å²) in [6.45, 7) is 3.30. The lowest BCUT2D eigenvalue weighted by molar-refractivity contribution is 0.221. The number of nitrogens with two attached hydrogens (primary N) is 1. The van der Waals surface area contributed by atoms with E-state index in [-0.39, 0.29) is 5.84 Å². The highest BCUT2D eigenvalue weighted by Crippen LogP contribution is 2.12. The van der Waals surface area contributed by atoms with Crippen LogP contribution in [-0.4, -0.2) is 28.8 Å². The van der Waals surface area contributed by atoms with Crippen LogP contribution in [0.1, 0.15) is 30.5 Å². The van der Waals surface area contributed by atoms with Gasteiger partial charge in [-0.1, -0.05) is 6.42 Å². The van der Waals surface area contributed by atoms with Gasteiger partial charge in [0.25, 0.3) is 0 Å². The van der Waals surface area contributed by atoms with Crippen LogP contribution in [-0.2, 0) is 6.54 Å². The van der Waals surface area contributed by atoms with Crippen molar-refractivity contribution >= 4 is 5.84 Å². The summed E-state index contributed by atoms with van der Waals surface area (Å²) >= 11 is 0. The van der Waals surface area contributed by atoms with Gasteiger partial charge in [0.2, 0.25) is 0 Å². The van der Waals surface area contributed by atoms with Gasteiger partial charge in [0, 0.05) is 12.7 Å². The van der Waals surface area contributed by atoms with Gasteiger partial charge < -0.3 is 5.73 Å². The van der Waals surface area contributed by atoms with Crippen molar-refractivity contribution in [2.24, 2.45) is 5.73 Å². The second-order valence-corrected chi connectivity index (χ2v) is 4.30. The molecule has 0 spiro atoms. The van der Waals surface area contributed by atoms with E-state index in [4.69, 9.17) is 11.1 Å². The highest BCUT2D eigenvalue weighted by molar-refractivity contribution is 5.93. The molecular formula is C12H18N4. The van der Waals surface area contributed by atoms with Crippen LogP contribution >= 0.6 is 0 Å². The first-order chi connectivity index (χ1) is 7.75. The Balaban J connectivity index is 2.02. The molecule has 0 amide bonds. The largest absolute Gasteiger partial charge is 0.382 e. The summed E-state index contributed by atoms with van der Waals surface area (Å²) in [6.07, 6.45) is 5.68. The van der Waals surface area contributed by atoms with Gasteiger partial charge in [-0.3, -0.25) is 15.3 Å². The van der Waals surface area contributed by atoms with E-state index in [9.17, 15) is 0 Å². The van der Waals surface area contributed by atoms with E-state index in [1.54, 1.807) is 6.20 Å². The van der Waals surface area contributed by atoms with Crippen LogP contribution in [0.25, 0.3) is 0 Å². The lowest BCUT2D eigenvalue weighted by Gasteiger charge is -2.26. The highest BCUT2D eigenvalue weighted by Gasteiger charge is 2.10. The molecule has 16 heavy (non-hydrogen) atoms. The summed E-state index contributed by atoms with van der Waals surface area (Å²) in [5.74, 6) is 0.0421. The zero-order valence-electron chi connectivity index (χ0n) is 9.45. The number of likely N-dealkylation sites (tertiary alicyclic amines) is 1. The normalized spacial score (nSPS) is 17.2. The molecule has 0 aromatic carbocycles. The minimum absolute atomic E-state index is 0.0421. The van der Waals surface area contributed by atoms with Crippen molar-refractivity contribution in [3.63, 3.8) is 0 Å². The van der Waals surface area contributed by atoms with E-state index >= 15 is 0 Å². The molecule has 1 aliphatic heterocycles. The Morgan fingerprint density at radius 1 is 1.38 bits per heavy atom. The van der Waals surface area contributed by atoms with Crippen LogP contribution in [0.2, 0.25) is 0 Å². The molecule has 0 saturated carbocycles. The monoisotopic (exact) mass is 218 g/mol. The molecule has 4 heteroatoms. The molecule has 3 N–H and O–H groups in total. The smallest absolute Gasteiger partial charge is 0.141 e. The van der Waals surface area contributed by atoms with Crippen molar-refractivity contribution in [3.8, 4) is 0 Å². The molecule has 1 saturated heterocycles. The first-order valence-electron chi connectivity index (χ1n) is 5.77. The van der Waals surface area contributed by atoms with Gasteiger partial charge in [0.15, 0.2) is 0 Å². The molecule has 86 valence electrons. The number of nitrogens with one attached hydrogen (secondary N) is 1. The quantitative estimate of drug-likeness (QED) is 0.594. The van der Waals surface area contributed by atoms with Crippen LogP contribution in [0.4, 0.5) is 0 Å². The maximum absolute atomic E-state index is 7.35. The van der Waals surface area contributed by atoms with Crippen molar-refractivity contribution in [2.75, 3.05) is 13.1 Å². The van der Waals surface area contributed by atoms with E-state index in [2.05, 4.69) is 9.88 Å². The molecule has 1 aromatic heterocycles. The Kier molecular flexibility index (Phi) is 3.51. The van der Waals surface area contributed by atoms with Crippen LogP contribution < -0.4 is 5.73 Å². The summed E-state index contributed by atoms with van der Waals surface area (Å²) in [6, 6.07) is 3.91. The third kappa shape index (κ3) is 2.79. The number of aromatic nitrogens is 1. The molecule has 2 heterocycles. The first-order valence-corrected chi connectivity index (χ1v) is 5.77. The summed E-state index contributed by atoms with van der Waals surface area (Å²) in [5, 5.41) is 7.35. The van der Waals surface area contributed by atoms with E-state index < -0.39 is 0 Å². The van der Waals surface area contributed by atoms with Gasteiger partial charge in [0.1, 0.15) is 11.5 Å². The minimum Gasteiger partial charge on any atom is -0.382 e. The molecular weight excluding hydrogens is 200 g/mol. The topological polar surface area (TPSA) is 66.0 Å². The van der Waals surface area contributed by atoms with Crippen LogP contribution in [0.15, 0.2) is 18.3 Å². The molecule has 0 atom stereocenters. The third-order valence-corrected chi connectivity index (χ3v) is 2.96. The molecule has 4 nitrogen and oxygen atoms in total. The second-order valence-electron chi connectivity index (χ2n) is 4.30. The number of amidine groups is 1. The zero-order valence-corrected chi connectivity index (χ0v) is 9.45. The fraction of sp³-hybridized carbons (Fsp3) is 0.500. The van der Waals surface area contributed by atoms with Crippen molar-refractivity contribution in [1.29, 1.82) is 5.41 Å². The van der Waals surface area contributed by atoms with Gasteiger partial charge in [-0.05, 0) is 43.6 Å². The molecule has 0 aliphatic carbocycles. The van der Waals surface area contributed by atoms with Gasteiger partial charge in [-0.2, -0.15) is 0 Å². The molecule has 1 fully saturated rings. The number of nitrogen functional groups attached to an aromatic ring is 1. The van der Waals surface area contributed by atoms with Gasteiger partial charge >= 0.3 is 0 Å². The molecule has 1 aliphatic rings. The average Bonchev–Trinajstić information content (AvgIpc) is 2.30. The van der Waals surface area contributed by atoms with Gasteiger partial charge in [-0.15, -0.1) is 0 Å². The first kappa shape index (κ1) is 11.1. The third-order valence-electron chi connectivity index (χ3n) is 2.96. The predicted molar refractivity (Wildman–Crippen MR) is 64.4 cm³/mol. The van der Waals surface area contributed by atoms with E-state index in [1.807, 2.05) is 12.1 Å². The summed E-state index contributed by atoms with van der Waals surface area (Å²) in [7, 11) is 0. The molecule has 2 rings (SSSR count). The van der Waals surface area contributed by atoms with Crippen molar-refractivity contribution in [3.05, 3.63) is 29.6 Å². The molecule has 0 unspecified atom stereocenters. The minimum atomic E-state index is 0.0421. The number of piperidine rings is 1. The number of hydrogen-bond acceptors (Lipinski definition) is 3. The van der Waals surface area contributed by atoms with E-state index in [0.29, 0.717) is 5.69 Å². The van der Waals surface area contributed by atoms with Crippen LogP contribution in [0.3, 0.4) is 0 Å². The van der Waals surface area contributed by atoms with Crippen LogP contribution in [0.5, 0.6) is 0 Å². The average molecular weight is 218 g/mol. The SMILES string of the molecule is N=C(N)c1cc(CN2CCCCC2)ccn1. The lowest BCUT2D eigenvalue weighted by Crippen LogP contribution is -2.29. The Hall–Kier alpha value is -1.42. The zero-order chi connectivity index (χ0) is 11.4. The maximum atomic E-state index is 7.35. The number of nitrogens with zero attached hydrogens (tertiary/aromatic N) is 2. The van der Waals surface area contributed by atoms with Crippen molar-refractivity contribution in [2.45, 2.75) is 25.8 Å². The van der Waals surface area contributed by atoms with Gasteiger partial charge in [0.05, 0.1) is 0 Å². The lowest BCUT2D eigenvalue weighted by atomic mass is 10.1. The standard InChI is InChI=1S/C12H18N4/c13-12(14)11-8-10(4-5-15-11)9-16-6-2-1-3-7-16/h4-5,8H,1-3,6-7,9H2,(H3,13,14). The Bertz CT molecular complexity index is 369. The van der Waals surface area contributed by atoms with Crippen molar-refractivity contribution in [1.82, 2.24) is 9.88 Å². The second kappa shape index (κ2) is 5.07. The number of rotatable bonds is 3. The molecule has 1 aromatic rings. The fourth-order valence-electron chi connectivity index (χ4n) is 2.10. The number of pyridine rings is 1. The Morgan fingerprint density at radius 2 is 2.12 bits per heavy atom. The Morgan fingerprint density at radius 3 is 2.81 bits per heavy atom. The summed E-state index contributed by atoms with van der Waals surface area (Å²) < 4.78 is 0. The van der Waals surface area contributed by atoms with E-state index in [1.165, 1.54) is 37.9 Å². The van der Waals surface area contributed by atoms with Crippen LogP contribution in [0, 0.1) is 5.41 Å².